The molecule has 1 aliphatic rings. The van der Waals surface area contributed by atoms with E-state index in [0.29, 0.717) is 19.5 Å². The highest BCUT2D eigenvalue weighted by atomic mass is 32.2. The van der Waals surface area contributed by atoms with Crippen molar-refractivity contribution in [3.8, 4) is 0 Å². The van der Waals surface area contributed by atoms with Crippen LogP contribution in [0.2, 0.25) is 0 Å². The number of benzene rings is 1. The van der Waals surface area contributed by atoms with Gasteiger partial charge in [-0.3, -0.25) is 9.59 Å². The van der Waals surface area contributed by atoms with Gasteiger partial charge in [-0.2, -0.15) is 0 Å². The number of ether oxygens (including phenoxy) is 1. The summed E-state index contributed by atoms with van der Waals surface area (Å²) < 4.78 is 28.4. The fourth-order valence-electron chi connectivity index (χ4n) is 3.13. The van der Waals surface area contributed by atoms with Crippen LogP contribution in [0.5, 0.6) is 0 Å². The second-order valence-electron chi connectivity index (χ2n) is 7.18. The Bertz CT molecular complexity index is 828. The van der Waals surface area contributed by atoms with Crippen molar-refractivity contribution >= 4 is 27.7 Å². The van der Waals surface area contributed by atoms with Crippen molar-refractivity contribution in [2.24, 2.45) is 0 Å². The Labute approximate surface area is 177 Å². The van der Waals surface area contributed by atoms with Crippen LogP contribution in [0.15, 0.2) is 30.3 Å². The van der Waals surface area contributed by atoms with E-state index in [9.17, 15) is 22.8 Å². The van der Waals surface area contributed by atoms with Gasteiger partial charge in [0.05, 0.1) is 11.5 Å². The molecule has 0 saturated carbocycles. The average molecular weight is 440 g/mol. The molecule has 1 aliphatic heterocycles. The highest BCUT2D eigenvalue weighted by Gasteiger charge is 2.34. The molecule has 0 bridgehead atoms. The van der Waals surface area contributed by atoms with Crippen LogP contribution < -0.4 is 10.6 Å². The number of carbonyl (C=O) groups excluding carboxylic acids is 3. The van der Waals surface area contributed by atoms with E-state index in [1.165, 1.54) is 4.90 Å². The number of hydrogen-bond acceptors (Lipinski definition) is 6. The first-order valence-electron chi connectivity index (χ1n) is 10.0. The number of amides is 3. The van der Waals surface area contributed by atoms with Crippen molar-refractivity contribution in [1.29, 1.82) is 0 Å². The van der Waals surface area contributed by atoms with E-state index in [1.807, 2.05) is 37.3 Å². The van der Waals surface area contributed by atoms with Crippen LogP contribution in [0.3, 0.4) is 0 Å². The van der Waals surface area contributed by atoms with Gasteiger partial charge < -0.3 is 20.3 Å². The smallest absolute Gasteiger partial charge is 0.325 e. The third-order valence-corrected chi connectivity index (χ3v) is 6.52. The van der Waals surface area contributed by atoms with Gasteiger partial charge in [0.25, 0.3) is 5.91 Å². The van der Waals surface area contributed by atoms with Gasteiger partial charge in [-0.25, -0.2) is 13.2 Å². The molecule has 1 aromatic carbocycles. The minimum Gasteiger partial charge on any atom is -0.454 e. The molecule has 1 atom stereocenters. The van der Waals surface area contributed by atoms with Crippen molar-refractivity contribution in [3.63, 3.8) is 0 Å². The summed E-state index contributed by atoms with van der Waals surface area (Å²) in [6.45, 7) is 1.86. The molecule has 1 aromatic rings. The zero-order chi connectivity index (χ0) is 22.0. The summed E-state index contributed by atoms with van der Waals surface area (Å²) in [5, 5.41) is 4.99. The van der Waals surface area contributed by atoms with Crippen molar-refractivity contribution in [2.75, 3.05) is 31.2 Å². The Morgan fingerprint density at radius 3 is 2.53 bits per heavy atom. The third-order valence-electron chi connectivity index (χ3n) is 4.77. The van der Waals surface area contributed by atoms with Crippen LogP contribution in [0.1, 0.15) is 31.7 Å². The number of urea groups is 1. The number of nitrogens with zero attached hydrogens (tertiary/aromatic N) is 1. The van der Waals surface area contributed by atoms with Gasteiger partial charge in [-0.05, 0) is 18.4 Å². The number of esters is 1. The first-order valence-corrected chi connectivity index (χ1v) is 11.8. The molecule has 30 heavy (non-hydrogen) atoms. The zero-order valence-electron chi connectivity index (χ0n) is 17.1. The van der Waals surface area contributed by atoms with Gasteiger partial charge in [0, 0.05) is 19.1 Å². The molecule has 2 rings (SSSR count). The standard InChI is InChI=1S/C20H29N3O6S/c1-2-3-10-23(17-9-11-30(27,28)15-17)18(24)14-29-19(25)13-22-20(26)21-12-16-7-5-4-6-8-16/h4-8,17H,2-3,9-15H2,1H3,(H2,21,22,26). The fourth-order valence-corrected chi connectivity index (χ4v) is 4.86. The third kappa shape index (κ3) is 8.02. The quantitative estimate of drug-likeness (QED) is 0.521. The van der Waals surface area contributed by atoms with Gasteiger partial charge in [-0.1, -0.05) is 43.7 Å². The maximum Gasteiger partial charge on any atom is 0.325 e. The number of carbonyl (C=O) groups is 3. The van der Waals surface area contributed by atoms with Crippen LogP contribution in [-0.2, 0) is 30.7 Å². The normalized spacial score (nSPS) is 17.2. The van der Waals surface area contributed by atoms with E-state index in [4.69, 9.17) is 4.74 Å². The van der Waals surface area contributed by atoms with Gasteiger partial charge in [-0.15, -0.1) is 0 Å². The molecule has 1 fully saturated rings. The molecule has 9 nitrogen and oxygen atoms in total. The summed E-state index contributed by atoms with van der Waals surface area (Å²) in [5.74, 6) is -1.16. The Balaban J connectivity index is 1.73. The SMILES string of the molecule is CCCCN(C(=O)COC(=O)CNC(=O)NCc1ccccc1)C1CCS(=O)(=O)C1. The number of nitrogens with one attached hydrogen (secondary N) is 2. The number of rotatable bonds is 10. The van der Waals surface area contributed by atoms with E-state index in [1.54, 1.807) is 0 Å². The molecule has 1 unspecified atom stereocenters. The van der Waals surface area contributed by atoms with E-state index in [2.05, 4.69) is 10.6 Å². The highest BCUT2D eigenvalue weighted by molar-refractivity contribution is 7.91. The Morgan fingerprint density at radius 1 is 1.17 bits per heavy atom. The summed E-state index contributed by atoms with van der Waals surface area (Å²) in [4.78, 5) is 37.6. The molecular formula is C20H29N3O6S. The second kappa shape index (κ2) is 11.5. The fraction of sp³-hybridized carbons (Fsp3) is 0.550. The molecule has 0 aliphatic carbocycles. The molecule has 3 amide bonds. The van der Waals surface area contributed by atoms with Crippen molar-refractivity contribution in [3.05, 3.63) is 35.9 Å². The van der Waals surface area contributed by atoms with E-state index >= 15 is 0 Å². The zero-order valence-corrected chi connectivity index (χ0v) is 17.9. The Hall–Kier alpha value is -2.62. The molecule has 0 aromatic heterocycles. The largest absolute Gasteiger partial charge is 0.454 e. The highest BCUT2D eigenvalue weighted by Crippen LogP contribution is 2.18. The summed E-state index contributed by atoms with van der Waals surface area (Å²) >= 11 is 0. The first-order chi connectivity index (χ1) is 14.3. The molecule has 2 N–H and O–H groups in total. The summed E-state index contributed by atoms with van der Waals surface area (Å²) in [6, 6.07) is 8.40. The molecule has 1 heterocycles. The molecule has 0 spiro atoms. The second-order valence-corrected chi connectivity index (χ2v) is 9.41. The van der Waals surface area contributed by atoms with Crippen LogP contribution >= 0.6 is 0 Å². The molecule has 166 valence electrons. The van der Waals surface area contributed by atoms with Crippen LogP contribution in [0.4, 0.5) is 4.79 Å². The molecule has 10 heteroatoms. The lowest BCUT2D eigenvalue weighted by molar-refractivity contribution is -0.152. The van der Waals surface area contributed by atoms with Crippen molar-refractivity contribution in [1.82, 2.24) is 15.5 Å². The topological polar surface area (TPSA) is 122 Å². The van der Waals surface area contributed by atoms with Crippen LogP contribution in [0.25, 0.3) is 0 Å². The summed E-state index contributed by atoms with van der Waals surface area (Å²) in [7, 11) is -3.13. The molecule has 1 saturated heterocycles. The lowest BCUT2D eigenvalue weighted by Gasteiger charge is -2.28. The molecular weight excluding hydrogens is 410 g/mol. The number of hydrogen-bond donors (Lipinski definition) is 2. The van der Waals surface area contributed by atoms with Crippen molar-refractivity contribution < 1.29 is 27.5 Å². The maximum absolute atomic E-state index is 12.5. The average Bonchev–Trinajstić information content (AvgIpc) is 3.09. The monoisotopic (exact) mass is 439 g/mol. The summed E-state index contributed by atoms with van der Waals surface area (Å²) in [6.07, 6.45) is 1.99. The Kier molecular flexibility index (Phi) is 9.10. The predicted molar refractivity (Wildman–Crippen MR) is 111 cm³/mol. The van der Waals surface area contributed by atoms with Crippen LogP contribution in [-0.4, -0.2) is 68.5 Å². The van der Waals surface area contributed by atoms with Crippen LogP contribution in [0, 0.1) is 0 Å². The predicted octanol–water partition coefficient (Wildman–Crippen LogP) is 0.845. The van der Waals surface area contributed by atoms with E-state index in [-0.39, 0.29) is 24.1 Å². The Morgan fingerprint density at radius 2 is 1.90 bits per heavy atom. The minimum atomic E-state index is -3.13. The van der Waals surface area contributed by atoms with Gasteiger partial charge in [0.2, 0.25) is 0 Å². The van der Waals surface area contributed by atoms with Gasteiger partial charge in [0.1, 0.15) is 6.54 Å². The number of sulfone groups is 1. The van der Waals surface area contributed by atoms with Crippen molar-refractivity contribution in [2.45, 2.75) is 38.8 Å². The summed E-state index contributed by atoms with van der Waals surface area (Å²) in [5.41, 5.74) is 0.918. The minimum absolute atomic E-state index is 0.0560. The first kappa shape index (κ1) is 23.7. The van der Waals surface area contributed by atoms with E-state index in [0.717, 1.165) is 18.4 Å². The van der Waals surface area contributed by atoms with Gasteiger partial charge >= 0.3 is 12.0 Å². The maximum atomic E-state index is 12.5. The molecule has 0 radical (unpaired) electrons. The van der Waals surface area contributed by atoms with Gasteiger partial charge in [0.15, 0.2) is 16.4 Å². The van der Waals surface area contributed by atoms with E-state index < -0.39 is 34.4 Å². The lowest BCUT2D eigenvalue weighted by atomic mass is 10.2. The number of unbranched alkanes of at least 4 members (excludes halogenated alkanes) is 1. The lowest BCUT2D eigenvalue weighted by Crippen LogP contribution is -2.44.